The van der Waals surface area contributed by atoms with Gasteiger partial charge in [-0.05, 0) is 24.1 Å². The number of hydrogen-bond donors (Lipinski definition) is 3. The number of aromatic amines is 1. The van der Waals surface area contributed by atoms with Crippen LogP contribution in [0.2, 0.25) is 0 Å². The van der Waals surface area contributed by atoms with E-state index in [1.807, 2.05) is 18.5 Å². The number of amides is 1. The lowest BCUT2D eigenvalue weighted by atomic mass is 10.2. The number of H-pyrrole nitrogens is 1. The first kappa shape index (κ1) is 12.4. The van der Waals surface area contributed by atoms with E-state index in [0.29, 0.717) is 17.0 Å². The van der Waals surface area contributed by atoms with Crippen LogP contribution < -0.4 is 11.1 Å². The number of nitrogens with zero attached hydrogens (tertiary/aromatic N) is 2. The fourth-order valence-corrected chi connectivity index (χ4v) is 2.20. The molecule has 0 radical (unpaired) electrons. The Morgan fingerprint density at radius 3 is 3.10 bits per heavy atom. The zero-order valence-corrected chi connectivity index (χ0v) is 10.9. The number of aliphatic imine (C=N–C) groups is 1. The molecule has 2 aromatic rings. The summed E-state index contributed by atoms with van der Waals surface area (Å²) in [5.74, 6) is 0.176. The van der Waals surface area contributed by atoms with E-state index in [2.05, 4.69) is 20.3 Å². The summed E-state index contributed by atoms with van der Waals surface area (Å²) in [6, 6.07) is 5.33. The van der Waals surface area contributed by atoms with Crippen LogP contribution in [0.25, 0.3) is 11.0 Å². The number of nitrogens with one attached hydrogen (secondary N) is 2. The Hall–Kier alpha value is -2.63. The number of anilines is 1. The predicted molar refractivity (Wildman–Crippen MR) is 78.9 cm³/mol. The number of fused-ring (bicyclic) bond motifs is 1. The van der Waals surface area contributed by atoms with E-state index in [1.165, 1.54) is 5.57 Å². The first-order chi connectivity index (χ1) is 9.74. The summed E-state index contributed by atoms with van der Waals surface area (Å²) in [6.45, 7) is 0.765. The Labute approximate surface area is 115 Å². The van der Waals surface area contributed by atoms with Crippen molar-refractivity contribution in [1.82, 2.24) is 9.97 Å². The number of nitrogens with two attached hydrogens (primary N) is 1. The van der Waals surface area contributed by atoms with Crippen LogP contribution in [0.5, 0.6) is 0 Å². The van der Waals surface area contributed by atoms with Crippen LogP contribution in [0.4, 0.5) is 5.95 Å². The molecule has 102 valence electrons. The first-order valence-electron chi connectivity index (χ1n) is 6.46. The summed E-state index contributed by atoms with van der Waals surface area (Å²) < 4.78 is 0. The molecular formula is C14H15N5O. The molecule has 0 saturated carbocycles. The van der Waals surface area contributed by atoms with Gasteiger partial charge in [-0.3, -0.25) is 9.79 Å². The van der Waals surface area contributed by atoms with E-state index < -0.39 is 5.91 Å². The van der Waals surface area contributed by atoms with Crippen molar-refractivity contribution in [2.45, 2.75) is 12.8 Å². The van der Waals surface area contributed by atoms with Gasteiger partial charge >= 0.3 is 0 Å². The summed E-state index contributed by atoms with van der Waals surface area (Å²) in [7, 11) is 0. The molecule has 6 nitrogen and oxygen atoms in total. The van der Waals surface area contributed by atoms with Gasteiger partial charge in [0.1, 0.15) is 5.52 Å². The van der Waals surface area contributed by atoms with Gasteiger partial charge in [-0.15, -0.1) is 0 Å². The quantitative estimate of drug-likeness (QED) is 0.772. The summed E-state index contributed by atoms with van der Waals surface area (Å²) in [4.78, 5) is 22.9. The number of primary amides is 1. The van der Waals surface area contributed by atoms with Crippen LogP contribution in [-0.2, 0) is 0 Å². The van der Waals surface area contributed by atoms with Crippen LogP contribution in [-0.4, -0.2) is 28.6 Å². The third-order valence-electron chi connectivity index (χ3n) is 3.23. The maximum absolute atomic E-state index is 11.3. The van der Waals surface area contributed by atoms with Crippen LogP contribution in [0.3, 0.4) is 0 Å². The van der Waals surface area contributed by atoms with Crippen molar-refractivity contribution >= 4 is 29.1 Å². The van der Waals surface area contributed by atoms with Crippen LogP contribution >= 0.6 is 0 Å². The monoisotopic (exact) mass is 269 g/mol. The molecule has 1 aliphatic rings. The smallest absolute Gasteiger partial charge is 0.250 e. The van der Waals surface area contributed by atoms with Gasteiger partial charge in [-0.1, -0.05) is 6.07 Å². The van der Waals surface area contributed by atoms with E-state index in [4.69, 9.17) is 5.73 Å². The molecule has 0 saturated heterocycles. The number of benzene rings is 1. The molecule has 0 atom stereocenters. The number of carbonyl (C=O) groups is 1. The molecule has 1 aromatic heterocycles. The fourth-order valence-electron chi connectivity index (χ4n) is 2.20. The van der Waals surface area contributed by atoms with Gasteiger partial charge < -0.3 is 16.0 Å². The maximum atomic E-state index is 11.3. The van der Waals surface area contributed by atoms with Crippen LogP contribution in [0.15, 0.2) is 35.0 Å². The predicted octanol–water partition coefficient (Wildman–Crippen LogP) is 1.82. The molecule has 0 aliphatic carbocycles. The summed E-state index contributed by atoms with van der Waals surface area (Å²) in [5.41, 5.74) is 8.47. The Kier molecular flexibility index (Phi) is 3.20. The molecule has 20 heavy (non-hydrogen) atoms. The minimum absolute atomic E-state index is 0.429. The third kappa shape index (κ3) is 2.40. The number of imidazole rings is 1. The lowest BCUT2D eigenvalue weighted by Crippen LogP contribution is -2.11. The summed E-state index contributed by atoms with van der Waals surface area (Å²) >= 11 is 0. The molecule has 0 fully saturated rings. The van der Waals surface area contributed by atoms with Crippen molar-refractivity contribution in [1.29, 1.82) is 0 Å². The zero-order valence-electron chi connectivity index (χ0n) is 10.9. The highest BCUT2D eigenvalue weighted by molar-refractivity contribution is 6.04. The second-order valence-corrected chi connectivity index (χ2v) is 4.65. The highest BCUT2D eigenvalue weighted by Gasteiger charge is 2.10. The highest BCUT2D eigenvalue weighted by atomic mass is 16.1. The number of hydrogen-bond acceptors (Lipinski definition) is 4. The zero-order chi connectivity index (χ0) is 13.9. The topological polar surface area (TPSA) is 96.2 Å². The number of rotatable bonds is 5. The molecule has 6 heteroatoms. The molecular weight excluding hydrogens is 254 g/mol. The molecule has 3 rings (SSSR count). The molecule has 1 aromatic carbocycles. The summed E-state index contributed by atoms with van der Waals surface area (Å²) in [6.07, 6.45) is 5.63. The van der Waals surface area contributed by atoms with E-state index in [0.717, 1.165) is 24.9 Å². The van der Waals surface area contributed by atoms with Crippen LogP contribution in [0, 0.1) is 0 Å². The second-order valence-electron chi connectivity index (χ2n) is 4.65. The van der Waals surface area contributed by atoms with Crippen molar-refractivity contribution in [3.63, 3.8) is 0 Å². The Morgan fingerprint density at radius 1 is 1.45 bits per heavy atom. The normalized spacial score (nSPS) is 13.7. The Balaban J connectivity index is 1.72. The van der Waals surface area contributed by atoms with Gasteiger partial charge in [0.25, 0.3) is 5.91 Å². The van der Waals surface area contributed by atoms with Crippen molar-refractivity contribution < 1.29 is 4.79 Å². The molecule has 0 unspecified atom stereocenters. The average Bonchev–Trinajstić information content (AvgIpc) is 3.06. The molecule has 4 N–H and O–H groups in total. The van der Waals surface area contributed by atoms with Gasteiger partial charge in [0, 0.05) is 25.4 Å². The van der Waals surface area contributed by atoms with Crippen LogP contribution in [0.1, 0.15) is 23.2 Å². The number of carbonyl (C=O) groups excluding carboxylic acids is 1. The molecule has 0 bridgehead atoms. The van der Waals surface area contributed by atoms with E-state index in [1.54, 1.807) is 12.1 Å². The maximum Gasteiger partial charge on any atom is 0.250 e. The van der Waals surface area contributed by atoms with Crippen molar-refractivity contribution in [2.75, 3.05) is 11.9 Å². The van der Waals surface area contributed by atoms with Crippen molar-refractivity contribution in [3.8, 4) is 0 Å². The fraction of sp³-hybridized carbons (Fsp3) is 0.214. The van der Waals surface area contributed by atoms with E-state index >= 15 is 0 Å². The molecule has 1 amide bonds. The minimum atomic E-state index is -0.470. The van der Waals surface area contributed by atoms with Gasteiger partial charge in [0.15, 0.2) is 0 Å². The lowest BCUT2D eigenvalue weighted by molar-refractivity contribution is 0.100. The Morgan fingerprint density at radius 2 is 2.35 bits per heavy atom. The van der Waals surface area contributed by atoms with Crippen molar-refractivity contribution in [3.05, 3.63) is 35.5 Å². The average molecular weight is 269 g/mol. The SMILES string of the molecule is NC(=O)c1cccc2[nH]c(NCCC3=CN=CC3)nc12. The van der Waals surface area contributed by atoms with Gasteiger partial charge in [0.2, 0.25) is 5.95 Å². The highest BCUT2D eigenvalue weighted by Crippen LogP contribution is 2.18. The van der Waals surface area contributed by atoms with Gasteiger partial charge in [-0.2, -0.15) is 0 Å². The third-order valence-corrected chi connectivity index (χ3v) is 3.23. The second kappa shape index (κ2) is 5.16. The molecule has 0 spiro atoms. The first-order valence-corrected chi connectivity index (χ1v) is 6.46. The Bertz CT molecular complexity index is 713. The number of para-hydroxylation sites is 1. The minimum Gasteiger partial charge on any atom is -0.366 e. The molecule has 2 heterocycles. The molecule has 1 aliphatic heterocycles. The van der Waals surface area contributed by atoms with E-state index in [9.17, 15) is 4.79 Å². The van der Waals surface area contributed by atoms with E-state index in [-0.39, 0.29) is 0 Å². The number of aromatic nitrogens is 2. The lowest BCUT2D eigenvalue weighted by Gasteiger charge is -2.02. The largest absolute Gasteiger partial charge is 0.366 e. The van der Waals surface area contributed by atoms with Gasteiger partial charge in [0.05, 0.1) is 11.1 Å². The van der Waals surface area contributed by atoms with Gasteiger partial charge in [-0.25, -0.2) is 4.98 Å². The summed E-state index contributed by atoms with van der Waals surface area (Å²) in [5, 5.41) is 3.21. The van der Waals surface area contributed by atoms with Crippen molar-refractivity contribution in [2.24, 2.45) is 10.7 Å². The standard InChI is InChI=1S/C14H15N5O/c15-13(20)10-2-1-3-11-12(10)19-14(18-11)17-7-5-9-4-6-16-8-9/h1-3,6,8H,4-5,7H2,(H2,15,20)(H2,17,18,19).